The smallest absolute Gasteiger partial charge is 0.252 e. The topological polar surface area (TPSA) is 95.3 Å². The highest BCUT2D eigenvalue weighted by atomic mass is 16.5. The Morgan fingerprint density at radius 2 is 2.14 bits per heavy atom. The summed E-state index contributed by atoms with van der Waals surface area (Å²) in [5.41, 5.74) is 1.16. The van der Waals surface area contributed by atoms with Gasteiger partial charge in [0.1, 0.15) is 11.8 Å². The summed E-state index contributed by atoms with van der Waals surface area (Å²) in [6.45, 7) is 0.585. The van der Waals surface area contributed by atoms with Crippen LogP contribution in [0.3, 0.4) is 0 Å². The van der Waals surface area contributed by atoms with Crippen LogP contribution >= 0.6 is 0 Å². The molecule has 1 aromatic heterocycles. The van der Waals surface area contributed by atoms with Crippen molar-refractivity contribution in [2.75, 3.05) is 13.2 Å². The molecule has 7 nitrogen and oxygen atoms in total. The number of benzene rings is 1. The number of piperidine rings is 1. The van der Waals surface area contributed by atoms with Crippen molar-refractivity contribution in [2.45, 2.75) is 37.8 Å². The first-order chi connectivity index (χ1) is 14.1. The molecule has 0 bridgehead atoms. The molecule has 2 amide bonds. The lowest BCUT2D eigenvalue weighted by Gasteiger charge is -2.22. The van der Waals surface area contributed by atoms with Crippen LogP contribution in [-0.4, -0.2) is 46.9 Å². The van der Waals surface area contributed by atoms with Crippen LogP contribution in [0.2, 0.25) is 0 Å². The number of nitrogens with one attached hydrogen (secondary N) is 1. The van der Waals surface area contributed by atoms with Gasteiger partial charge in [-0.2, -0.15) is 5.26 Å². The number of likely N-dealkylation sites (tertiary alicyclic amines) is 1. The molecule has 1 saturated heterocycles. The third-order valence-electron chi connectivity index (χ3n) is 6.08. The van der Waals surface area contributed by atoms with Gasteiger partial charge in [0.2, 0.25) is 5.91 Å². The zero-order valence-electron chi connectivity index (χ0n) is 16.0. The van der Waals surface area contributed by atoms with E-state index in [1.807, 2.05) is 18.2 Å². The lowest BCUT2D eigenvalue weighted by atomic mass is 10.1. The van der Waals surface area contributed by atoms with Crippen LogP contribution in [0.25, 0.3) is 10.9 Å². The van der Waals surface area contributed by atoms with E-state index in [1.165, 1.54) is 12.8 Å². The monoisotopic (exact) mass is 390 g/mol. The van der Waals surface area contributed by atoms with E-state index in [9.17, 15) is 14.9 Å². The van der Waals surface area contributed by atoms with Gasteiger partial charge in [-0.15, -0.1) is 0 Å². The van der Waals surface area contributed by atoms with E-state index in [0.717, 1.165) is 18.6 Å². The Morgan fingerprint density at radius 1 is 1.28 bits per heavy atom. The Labute approximate surface area is 168 Å². The van der Waals surface area contributed by atoms with E-state index in [1.54, 1.807) is 17.2 Å². The van der Waals surface area contributed by atoms with Crippen LogP contribution in [0.1, 0.15) is 36.0 Å². The molecule has 3 fully saturated rings. The van der Waals surface area contributed by atoms with E-state index in [0.29, 0.717) is 34.9 Å². The molecule has 148 valence electrons. The van der Waals surface area contributed by atoms with Gasteiger partial charge in [0.05, 0.1) is 30.3 Å². The Balaban J connectivity index is 1.29. The Kier molecular flexibility index (Phi) is 4.35. The number of ether oxygens (including phenoxy) is 1. The van der Waals surface area contributed by atoms with E-state index < -0.39 is 0 Å². The summed E-state index contributed by atoms with van der Waals surface area (Å²) < 4.78 is 5.83. The summed E-state index contributed by atoms with van der Waals surface area (Å²) in [6.07, 6.45) is 5.73. The van der Waals surface area contributed by atoms with Gasteiger partial charge in [-0.25, -0.2) is 0 Å². The molecule has 3 atom stereocenters. The van der Waals surface area contributed by atoms with Gasteiger partial charge < -0.3 is 15.0 Å². The number of nitriles is 1. The van der Waals surface area contributed by atoms with Gasteiger partial charge in [-0.05, 0) is 61.8 Å². The van der Waals surface area contributed by atoms with Crippen molar-refractivity contribution in [1.29, 1.82) is 5.26 Å². The standard InChI is InChI=1S/C22H22N4O3/c23-10-15-7-14-8-20(14)26(15)21(27)11-25-22(28)17-5-6-24-19-4-3-16(9-18(17)19)29-12-13-1-2-13/h3-6,9,13-15,20H,1-2,7-8,11-12H2,(H,25,28)/t14-,15+,20+/m1/s1. The highest BCUT2D eigenvalue weighted by molar-refractivity contribution is 6.07. The van der Waals surface area contributed by atoms with Crippen molar-refractivity contribution < 1.29 is 14.3 Å². The molecular weight excluding hydrogens is 368 g/mol. The number of amides is 2. The first-order valence-electron chi connectivity index (χ1n) is 10.1. The predicted octanol–water partition coefficient (Wildman–Crippen LogP) is 2.27. The van der Waals surface area contributed by atoms with Crippen molar-refractivity contribution in [3.63, 3.8) is 0 Å². The van der Waals surface area contributed by atoms with Crippen LogP contribution in [0.4, 0.5) is 0 Å². The number of hydrogen-bond acceptors (Lipinski definition) is 5. The maximum atomic E-state index is 12.8. The molecule has 2 heterocycles. The van der Waals surface area contributed by atoms with E-state index in [2.05, 4.69) is 16.4 Å². The fraction of sp³-hybridized carbons (Fsp3) is 0.455. The maximum absolute atomic E-state index is 12.8. The van der Waals surface area contributed by atoms with Gasteiger partial charge in [0.25, 0.3) is 5.91 Å². The highest BCUT2D eigenvalue weighted by Crippen LogP contribution is 2.47. The zero-order valence-corrected chi connectivity index (χ0v) is 16.0. The molecule has 1 aromatic carbocycles. The summed E-state index contributed by atoms with van der Waals surface area (Å²) in [7, 11) is 0. The van der Waals surface area contributed by atoms with Gasteiger partial charge >= 0.3 is 0 Å². The number of pyridine rings is 1. The summed E-state index contributed by atoms with van der Waals surface area (Å²) in [5.74, 6) is 1.29. The first kappa shape index (κ1) is 17.9. The minimum absolute atomic E-state index is 0.109. The second-order valence-corrected chi connectivity index (χ2v) is 8.22. The van der Waals surface area contributed by atoms with Gasteiger partial charge in [-0.1, -0.05) is 0 Å². The Morgan fingerprint density at radius 3 is 2.93 bits per heavy atom. The largest absolute Gasteiger partial charge is 0.493 e. The fourth-order valence-electron chi connectivity index (χ4n) is 4.18. The number of carbonyl (C=O) groups excluding carboxylic acids is 2. The molecule has 0 spiro atoms. The molecule has 2 saturated carbocycles. The second kappa shape index (κ2) is 7.03. The van der Waals surface area contributed by atoms with Crippen molar-refractivity contribution in [2.24, 2.45) is 11.8 Å². The van der Waals surface area contributed by atoms with Crippen molar-refractivity contribution in [3.05, 3.63) is 36.0 Å². The summed E-state index contributed by atoms with van der Waals surface area (Å²) in [5, 5.41) is 12.7. The molecule has 2 aromatic rings. The van der Waals surface area contributed by atoms with Crippen LogP contribution in [0, 0.1) is 23.2 Å². The van der Waals surface area contributed by atoms with Crippen molar-refractivity contribution in [1.82, 2.24) is 15.2 Å². The molecule has 5 rings (SSSR count). The average molecular weight is 390 g/mol. The number of aromatic nitrogens is 1. The Bertz CT molecular complexity index is 1030. The van der Waals surface area contributed by atoms with Gasteiger partial charge in [-0.3, -0.25) is 14.6 Å². The lowest BCUT2D eigenvalue weighted by Crippen LogP contribution is -2.44. The van der Waals surface area contributed by atoms with Crippen LogP contribution in [0.5, 0.6) is 5.75 Å². The van der Waals surface area contributed by atoms with Crippen LogP contribution in [0.15, 0.2) is 30.5 Å². The SMILES string of the molecule is N#C[C@@H]1C[C@@H]2C[C@@H]2N1C(=O)CNC(=O)c1ccnc2ccc(OCC3CC3)cc12. The zero-order chi connectivity index (χ0) is 20.0. The number of nitrogens with zero attached hydrogens (tertiary/aromatic N) is 3. The summed E-state index contributed by atoms with van der Waals surface area (Å²) >= 11 is 0. The Hall–Kier alpha value is -3.14. The minimum Gasteiger partial charge on any atom is -0.493 e. The molecule has 2 aliphatic carbocycles. The van der Waals surface area contributed by atoms with Crippen molar-refractivity contribution in [3.8, 4) is 11.8 Å². The van der Waals surface area contributed by atoms with Crippen molar-refractivity contribution >= 4 is 22.7 Å². The molecule has 1 aliphatic heterocycles. The number of fused-ring (bicyclic) bond motifs is 2. The quantitative estimate of drug-likeness (QED) is 0.816. The number of rotatable bonds is 6. The second-order valence-electron chi connectivity index (χ2n) is 8.22. The fourth-order valence-corrected chi connectivity index (χ4v) is 4.18. The third-order valence-corrected chi connectivity index (χ3v) is 6.08. The lowest BCUT2D eigenvalue weighted by molar-refractivity contribution is -0.131. The van der Waals surface area contributed by atoms with Gasteiger partial charge in [0.15, 0.2) is 0 Å². The third kappa shape index (κ3) is 3.51. The molecule has 29 heavy (non-hydrogen) atoms. The van der Waals surface area contributed by atoms with Crippen LogP contribution < -0.4 is 10.1 Å². The number of hydrogen-bond donors (Lipinski definition) is 1. The average Bonchev–Trinajstić information content (AvgIpc) is 3.68. The van der Waals surface area contributed by atoms with Crippen LogP contribution in [-0.2, 0) is 4.79 Å². The molecule has 7 heteroatoms. The molecule has 0 unspecified atom stereocenters. The predicted molar refractivity (Wildman–Crippen MR) is 105 cm³/mol. The van der Waals surface area contributed by atoms with Gasteiger partial charge in [0, 0.05) is 17.6 Å². The summed E-state index contributed by atoms with van der Waals surface area (Å²) in [4.78, 5) is 31.4. The number of carbonyl (C=O) groups is 2. The normalized spacial score (nSPS) is 24.7. The molecular formula is C22H22N4O3. The maximum Gasteiger partial charge on any atom is 0.252 e. The minimum atomic E-state index is -0.365. The van der Waals surface area contributed by atoms with E-state index in [-0.39, 0.29) is 30.4 Å². The first-order valence-corrected chi connectivity index (χ1v) is 10.1. The molecule has 0 radical (unpaired) electrons. The summed E-state index contributed by atoms with van der Waals surface area (Å²) in [6, 6.07) is 9.21. The van der Waals surface area contributed by atoms with E-state index >= 15 is 0 Å². The molecule has 1 N–H and O–H groups in total. The highest BCUT2D eigenvalue weighted by Gasteiger charge is 2.53. The van der Waals surface area contributed by atoms with E-state index in [4.69, 9.17) is 4.74 Å². The molecule has 3 aliphatic rings.